The van der Waals surface area contributed by atoms with Gasteiger partial charge in [-0.3, -0.25) is 9.89 Å². The van der Waals surface area contributed by atoms with E-state index < -0.39 is 0 Å². The SMILES string of the molecule is CCNC(=NCC1CCN(Cc2cccs2)CC1)NC1CC=CC1. The fourth-order valence-corrected chi connectivity index (χ4v) is 4.17. The first-order valence-electron chi connectivity index (χ1n) is 9.28. The standard InChI is InChI=1S/C19H30N4S/c1-2-20-19(22-17-6-3-4-7-17)21-14-16-9-11-23(12-10-16)15-18-8-5-13-24-18/h3-5,8,13,16-17H,2,6-7,9-12,14-15H2,1H3,(H2,20,21,22). The van der Waals surface area contributed by atoms with Gasteiger partial charge < -0.3 is 10.6 Å². The van der Waals surface area contributed by atoms with Gasteiger partial charge in [0, 0.05) is 30.6 Å². The lowest BCUT2D eigenvalue weighted by Crippen LogP contribution is -2.43. The van der Waals surface area contributed by atoms with Gasteiger partial charge in [-0.2, -0.15) is 0 Å². The fourth-order valence-electron chi connectivity index (χ4n) is 3.42. The summed E-state index contributed by atoms with van der Waals surface area (Å²) in [7, 11) is 0. The lowest BCUT2D eigenvalue weighted by atomic mass is 9.97. The van der Waals surface area contributed by atoms with Crippen LogP contribution in [0.1, 0.15) is 37.5 Å². The van der Waals surface area contributed by atoms with Crippen LogP contribution in [0, 0.1) is 5.92 Å². The number of likely N-dealkylation sites (tertiary alicyclic amines) is 1. The smallest absolute Gasteiger partial charge is 0.191 e. The molecule has 0 amide bonds. The summed E-state index contributed by atoms with van der Waals surface area (Å²) < 4.78 is 0. The van der Waals surface area contributed by atoms with Crippen LogP contribution in [0.3, 0.4) is 0 Å². The van der Waals surface area contributed by atoms with Gasteiger partial charge in [-0.25, -0.2) is 0 Å². The van der Waals surface area contributed by atoms with Crippen molar-refractivity contribution in [2.24, 2.45) is 10.9 Å². The average molecular weight is 347 g/mol. The van der Waals surface area contributed by atoms with Gasteiger partial charge in [-0.1, -0.05) is 18.2 Å². The predicted molar refractivity (Wildman–Crippen MR) is 104 cm³/mol. The molecule has 1 fully saturated rings. The Morgan fingerprint density at radius 1 is 1.29 bits per heavy atom. The number of nitrogens with one attached hydrogen (secondary N) is 2. The number of hydrogen-bond donors (Lipinski definition) is 2. The number of rotatable bonds is 6. The van der Waals surface area contributed by atoms with E-state index in [-0.39, 0.29) is 0 Å². The van der Waals surface area contributed by atoms with Gasteiger partial charge in [0.25, 0.3) is 0 Å². The second-order valence-electron chi connectivity index (χ2n) is 6.80. The van der Waals surface area contributed by atoms with Crippen molar-refractivity contribution < 1.29 is 0 Å². The highest BCUT2D eigenvalue weighted by Crippen LogP contribution is 2.21. The Bertz CT molecular complexity index is 522. The number of piperidine rings is 1. The van der Waals surface area contributed by atoms with Crippen LogP contribution < -0.4 is 10.6 Å². The maximum Gasteiger partial charge on any atom is 0.191 e. The van der Waals surface area contributed by atoms with E-state index in [4.69, 9.17) is 4.99 Å². The molecule has 0 bridgehead atoms. The lowest BCUT2D eigenvalue weighted by molar-refractivity contribution is 0.182. The van der Waals surface area contributed by atoms with Crippen LogP contribution >= 0.6 is 11.3 Å². The van der Waals surface area contributed by atoms with Gasteiger partial charge in [-0.15, -0.1) is 11.3 Å². The molecule has 3 rings (SSSR count). The molecule has 24 heavy (non-hydrogen) atoms. The Labute approximate surface area is 150 Å². The molecule has 2 aliphatic rings. The van der Waals surface area contributed by atoms with Gasteiger partial charge in [0.1, 0.15) is 0 Å². The third kappa shape index (κ3) is 5.35. The summed E-state index contributed by atoms with van der Waals surface area (Å²) in [5, 5.41) is 9.12. The largest absolute Gasteiger partial charge is 0.357 e. The second-order valence-corrected chi connectivity index (χ2v) is 7.83. The maximum absolute atomic E-state index is 4.85. The van der Waals surface area contributed by atoms with Gasteiger partial charge >= 0.3 is 0 Å². The number of aliphatic imine (C=N–C) groups is 1. The van der Waals surface area contributed by atoms with E-state index in [1.807, 2.05) is 11.3 Å². The zero-order valence-corrected chi connectivity index (χ0v) is 15.5. The molecule has 1 aliphatic carbocycles. The molecule has 5 heteroatoms. The molecule has 0 radical (unpaired) electrons. The molecule has 132 valence electrons. The minimum Gasteiger partial charge on any atom is -0.357 e. The molecule has 0 saturated carbocycles. The Morgan fingerprint density at radius 2 is 2.08 bits per heavy atom. The first-order valence-corrected chi connectivity index (χ1v) is 10.2. The Balaban J connectivity index is 1.41. The minimum absolute atomic E-state index is 0.524. The normalized spacial score (nSPS) is 20.6. The summed E-state index contributed by atoms with van der Waals surface area (Å²) in [6, 6.07) is 4.92. The highest BCUT2D eigenvalue weighted by molar-refractivity contribution is 7.09. The molecule has 0 unspecified atom stereocenters. The first kappa shape index (κ1) is 17.5. The minimum atomic E-state index is 0.524. The zero-order valence-electron chi connectivity index (χ0n) is 14.7. The summed E-state index contributed by atoms with van der Waals surface area (Å²) in [6.45, 7) is 7.52. The van der Waals surface area contributed by atoms with Crippen molar-refractivity contribution >= 4 is 17.3 Å². The van der Waals surface area contributed by atoms with Crippen LogP contribution in [0.25, 0.3) is 0 Å². The predicted octanol–water partition coefficient (Wildman–Crippen LogP) is 3.23. The van der Waals surface area contributed by atoms with E-state index >= 15 is 0 Å². The molecule has 2 heterocycles. The van der Waals surface area contributed by atoms with Gasteiger partial charge in [0.2, 0.25) is 0 Å². The van der Waals surface area contributed by atoms with Crippen LogP contribution in [0.5, 0.6) is 0 Å². The molecule has 1 aromatic rings. The van der Waals surface area contributed by atoms with E-state index in [0.717, 1.165) is 44.4 Å². The summed E-state index contributed by atoms with van der Waals surface area (Å²) in [6.07, 6.45) is 9.27. The highest BCUT2D eigenvalue weighted by Gasteiger charge is 2.19. The number of guanidine groups is 1. The molecule has 4 nitrogen and oxygen atoms in total. The number of hydrogen-bond acceptors (Lipinski definition) is 3. The first-order chi connectivity index (χ1) is 11.8. The van der Waals surface area contributed by atoms with Gasteiger partial charge in [0.05, 0.1) is 0 Å². The topological polar surface area (TPSA) is 39.7 Å². The molecular weight excluding hydrogens is 316 g/mol. The van der Waals surface area contributed by atoms with E-state index in [1.165, 1.54) is 30.8 Å². The van der Waals surface area contributed by atoms with Crippen molar-refractivity contribution in [2.75, 3.05) is 26.2 Å². The van der Waals surface area contributed by atoms with Crippen molar-refractivity contribution in [1.29, 1.82) is 0 Å². The van der Waals surface area contributed by atoms with Gasteiger partial charge in [0.15, 0.2) is 5.96 Å². The second kappa shape index (κ2) is 9.23. The van der Waals surface area contributed by atoms with Crippen molar-refractivity contribution in [3.05, 3.63) is 34.5 Å². The molecular formula is C19H30N4S. The van der Waals surface area contributed by atoms with Crippen molar-refractivity contribution in [2.45, 2.75) is 45.2 Å². The molecule has 0 aromatic carbocycles. The molecule has 1 aromatic heterocycles. The van der Waals surface area contributed by atoms with Crippen molar-refractivity contribution in [3.63, 3.8) is 0 Å². The maximum atomic E-state index is 4.85. The summed E-state index contributed by atoms with van der Waals surface area (Å²) in [5.41, 5.74) is 0. The summed E-state index contributed by atoms with van der Waals surface area (Å²) in [4.78, 5) is 8.92. The van der Waals surface area contributed by atoms with Crippen molar-refractivity contribution in [1.82, 2.24) is 15.5 Å². The molecule has 2 N–H and O–H groups in total. The third-order valence-corrected chi connectivity index (χ3v) is 5.73. The van der Waals surface area contributed by atoms with E-state index in [9.17, 15) is 0 Å². The van der Waals surface area contributed by atoms with Crippen LogP contribution in [0.2, 0.25) is 0 Å². The van der Waals surface area contributed by atoms with Crippen LogP contribution in [0.4, 0.5) is 0 Å². The summed E-state index contributed by atoms with van der Waals surface area (Å²) >= 11 is 1.87. The van der Waals surface area contributed by atoms with Crippen LogP contribution in [-0.4, -0.2) is 43.1 Å². The zero-order chi connectivity index (χ0) is 16.6. The van der Waals surface area contributed by atoms with Gasteiger partial charge in [-0.05, 0) is 63.1 Å². The lowest BCUT2D eigenvalue weighted by Gasteiger charge is -2.31. The quantitative estimate of drug-likeness (QED) is 0.472. The van der Waals surface area contributed by atoms with E-state index in [2.05, 4.69) is 52.1 Å². The van der Waals surface area contributed by atoms with Crippen LogP contribution in [-0.2, 0) is 6.54 Å². The number of thiophene rings is 1. The molecule has 1 aliphatic heterocycles. The molecule has 1 saturated heterocycles. The van der Waals surface area contributed by atoms with E-state index in [0.29, 0.717) is 6.04 Å². The monoisotopic (exact) mass is 346 g/mol. The average Bonchev–Trinajstić information content (AvgIpc) is 3.28. The van der Waals surface area contributed by atoms with Crippen molar-refractivity contribution in [3.8, 4) is 0 Å². The number of nitrogens with zero attached hydrogens (tertiary/aromatic N) is 2. The van der Waals surface area contributed by atoms with Crippen LogP contribution in [0.15, 0.2) is 34.7 Å². The molecule has 0 spiro atoms. The highest BCUT2D eigenvalue weighted by atomic mass is 32.1. The summed E-state index contributed by atoms with van der Waals surface area (Å²) in [5.74, 6) is 1.72. The Kier molecular flexibility index (Phi) is 6.73. The van der Waals surface area contributed by atoms with E-state index in [1.54, 1.807) is 0 Å². The molecule has 0 atom stereocenters. The fraction of sp³-hybridized carbons (Fsp3) is 0.632. The Hall–Kier alpha value is -1.33. The Morgan fingerprint density at radius 3 is 2.75 bits per heavy atom. The third-order valence-electron chi connectivity index (χ3n) is 4.87.